The van der Waals surface area contributed by atoms with Crippen LogP contribution in [-0.2, 0) is 16.1 Å². The van der Waals surface area contributed by atoms with Crippen LogP contribution in [0.15, 0.2) is 48.5 Å². The lowest BCUT2D eigenvalue weighted by Crippen LogP contribution is -2.48. The van der Waals surface area contributed by atoms with Crippen LogP contribution < -0.4 is 10.6 Å². The molecule has 5 nitrogen and oxygen atoms in total. The van der Waals surface area contributed by atoms with E-state index < -0.39 is 24.5 Å². The fourth-order valence-electron chi connectivity index (χ4n) is 2.25. The Balaban J connectivity index is 1.98. The molecule has 0 heterocycles. The molecule has 1 atom stereocenters. The van der Waals surface area contributed by atoms with E-state index in [1.165, 1.54) is 13.0 Å². The van der Waals surface area contributed by atoms with E-state index >= 15 is 0 Å². The first-order chi connectivity index (χ1) is 11.5. The summed E-state index contributed by atoms with van der Waals surface area (Å²) in [6, 6.07) is 12.7. The minimum absolute atomic E-state index is 0.243. The van der Waals surface area contributed by atoms with Gasteiger partial charge in [0.1, 0.15) is 11.9 Å². The third-order valence-electron chi connectivity index (χ3n) is 3.48. The number of hydrogen-bond donors (Lipinski definition) is 3. The zero-order valence-electron chi connectivity index (χ0n) is 13.3. The maximum atomic E-state index is 13.7. The Morgan fingerprint density at radius 1 is 1.12 bits per heavy atom. The minimum Gasteiger partial charge on any atom is -0.394 e. The first-order valence-corrected chi connectivity index (χ1v) is 7.50. The number of aliphatic hydroxyl groups is 1. The second-order valence-corrected chi connectivity index (χ2v) is 5.33. The first kappa shape index (κ1) is 17.6. The summed E-state index contributed by atoms with van der Waals surface area (Å²) >= 11 is 0. The highest BCUT2D eigenvalue weighted by atomic mass is 19.1. The Hall–Kier alpha value is -2.73. The van der Waals surface area contributed by atoms with Crippen molar-refractivity contribution in [3.05, 3.63) is 59.9 Å². The Bertz CT molecular complexity index is 716. The Morgan fingerprint density at radius 3 is 2.38 bits per heavy atom. The number of aliphatic hydroxyl groups excluding tert-OH is 1. The number of halogens is 1. The summed E-state index contributed by atoms with van der Waals surface area (Å²) in [6.45, 7) is 1.04. The van der Waals surface area contributed by atoms with Gasteiger partial charge in [-0.2, -0.15) is 0 Å². The average Bonchev–Trinajstić information content (AvgIpc) is 2.58. The molecule has 3 N–H and O–H groups in total. The van der Waals surface area contributed by atoms with E-state index in [0.717, 1.165) is 11.1 Å². The third-order valence-corrected chi connectivity index (χ3v) is 3.48. The average molecular weight is 330 g/mol. The summed E-state index contributed by atoms with van der Waals surface area (Å²) in [6.07, 6.45) is 0. The molecule has 24 heavy (non-hydrogen) atoms. The van der Waals surface area contributed by atoms with E-state index in [1.54, 1.807) is 42.5 Å². The van der Waals surface area contributed by atoms with Gasteiger partial charge in [-0.15, -0.1) is 0 Å². The standard InChI is InChI=1S/C18H19FN2O3/c1-12(23)21-17(11-22)18(24)20-10-13-6-8-14(9-7-13)15-4-2-3-5-16(15)19/h2-9,17,22H,10-11H2,1H3,(H,20,24)(H,21,23)/t17-/m1/s1. The summed E-state index contributed by atoms with van der Waals surface area (Å²) in [5.41, 5.74) is 2.08. The highest BCUT2D eigenvalue weighted by molar-refractivity contribution is 5.86. The van der Waals surface area contributed by atoms with Gasteiger partial charge in [-0.1, -0.05) is 42.5 Å². The van der Waals surface area contributed by atoms with Gasteiger partial charge in [0.25, 0.3) is 0 Å². The second-order valence-electron chi connectivity index (χ2n) is 5.33. The summed E-state index contributed by atoms with van der Waals surface area (Å²) in [4.78, 5) is 22.8. The molecule has 0 spiro atoms. The van der Waals surface area contributed by atoms with Crippen LogP contribution >= 0.6 is 0 Å². The largest absolute Gasteiger partial charge is 0.394 e. The van der Waals surface area contributed by atoms with Gasteiger partial charge >= 0.3 is 0 Å². The molecule has 126 valence electrons. The van der Waals surface area contributed by atoms with Crippen LogP contribution in [0, 0.1) is 5.82 Å². The molecule has 2 aromatic carbocycles. The third kappa shape index (κ3) is 4.63. The van der Waals surface area contributed by atoms with E-state index in [0.29, 0.717) is 5.56 Å². The molecule has 0 radical (unpaired) electrons. The molecule has 0 unspecified atom stereocenters. The topological polar surface area (TPSA) is 78.4 Å². The van der Waals surface area contributed by atoms with Crippen LogP contribution in [0.2, 0.25) is 0 Å². The number of benzene rings is 2. The Labute approximate surface area is 139 Å². The van der Waals surface area contributed by atoms with Gasteiger partial charge in [-0.25, -0.2) is 4.39 Å². The van der Waals surface area contributed by atoms with Crippen molar-refractivity contribution in [3.63, 3.8) is 0 Å². The molecule has 0 aliphatic carbocycles. The van der Waals surface area contributed by atoms with Crippen molar-refractivity contribution >= 4 is 11.8 Å². The molecular weight excluding hydrogens is 311 g/mol. The fraction of sp³-hybridized carbons (Fsp3) is 0.222. The summed E-state index contributed by atoms with van der Waals surface area (Å²) in [5, 5.41) is 14.1. The molecule has 0 aliphatic heterocycles. The SMILES string of the molecule is CC(=O)N[C@H](CO)C(=O)NCc1ccc(-c2ccccc2F)cc1. The maximum Gasteiger partial charge on any atom is 0.245 e. The number of carbonyl (C=O) groups is 2. The van der Waals surface area contributed by atoms with Gasteiger partial charge in [0, 0.05) is 19.0 Å². The van der Waals surface area contributed by atoms with Crippen molar-refractivity contribution < 1.29 is 19.1 Å². The van der Waals surface area contributed by atoms with Gasteiger partial charge in [0.05, 0.1) is 6.61 Å². The maximum absolute atomic E-state index is 13.7. The van der Waals surface area contributed by atoms with Crippen LogP contribution in [0.3, 0.4) is 0 Å². The van der Waals surface area contributed by atoms with Gasteiger partial charge < -0.3 is 15.7 Å². The molecular formula is C18H19FN2O3. The van der Waals surface area contributed by atoms with E-state index in [4.69, 9.17) is 5.11 Å². The summed E-state index contributed by atoms with van der Waals surface area (Å²) in [5.74, 6) is -1.15. The second kappa shape index (κ2) is 8.21. The molecule has 2 aromatic rings. The summed E-state index contributed by atoms with van der Waals surface area (Å²) in [7, 11) is 0. The van der Waals surface area contributed by atoms with Crippen molar-refractivity contribution in [2.24, 2.45) is 0 Å². The number of hydrogen-bond acceptors (Lipinski definition) is 3. The molecule has 0 bridgehead atoms. The molecule has 0 aliphatic rings. The summed E-state index contributed by atoms with van der Waals surface area (Å²) < 4.78 is 13.7. The predicted octanol–water partition coefficient (Wildman–Crippen LogP) is 1.61. The molecule has 0 saturated heterocycles. The lowest BCUT2D eigenvalue weighted by Gasteiger charge is -2.15. The number of rotatable bonds is 6. The van der Waals surface area contributed by atoms with E-state index in [9.17, 15) is 14.0 Å². The van der Waals surface area contributed by atoms with Crippen molar-refractivity contribution in [3.8, 4) is 11.1 Å². The van der Waals surface area contributed by atoms with Crippen molar-refractivity contribution in [1.29, 1.82) is 0 Å². The predicted molar refractivity (Wildman–Crippen MR) is 88.4 cm³/mol. The van der Waals surface area contributed by atoms with Crippen molar-refractivity contribution in [2.75, 3.05) is 6.61 Å². The Morgan fingerprint density at radius 2 is 1.79 bits per heavy atom. The molecule has 0 fully saturated rings. The molecule has 0 aromatic heterocycles. The van der Waals surface area contributed by atoms with E-state index in [-0.39, 0.29) is 12.4 Å². The Kier molecular flexibility index (Phi) is 6.03. The van der Waals surface area contributed by atoms with E-state index in [2.05, 4.69) is 10.6 Å². The zero-order valence-corrected chi connectivity index (χ0v) is 13.3. The van der Waals surface area contributed by atoms with Gasteiger partial charge in [-0.3, -0.25) is 9.59 Å². The van der Waals surface area contributed by atoms with Crippen LogP contribution in [0.25, 0.3) is 11.1 Å². The number of nitrogens with one attached hydrogen (secondary N) is 2. The lowest BCUT2D eigenvalue weighted by atomic mass is 10.0. The lowest BCUT2D eigenvalue weighted by molar-refractivity contribution is -0.129. The first-order valence-electron chi connectivity index (χ1n) is 7.50. The van der Waals surface area contributed by atoms with Crippen molar-refractivity contribution in [2.45, 2.75) is 19.5 Å². The van der Waals surface area contributed by atoms with Crippen LogP contribution in [0.5, 0.6) is 0 Å². The van der Waals surface area contributed by atoms with Gasteiger partial charge in [-0.05, 0) is 17.2 Å². The van der Waals surface area contributed by atoms with Crippen molar-refractivity contribution in [1.82, 2.24) is 10.6 Å². The van der Waals surface area contributed by atoms with Crippen LogP contribution in [-0.4, -0.2) is 29.6 Å². The molecule has 2 amide bonds. The molecule has 0 saturated carbocycles. The highest BCUT2D eigenvalue weighted by Crippen LogP contribution is 2.22. The molecule has 2 rings (SSSR count). The highest BCUT2D eigenvalue weighted by Gasteiger charge is 2.17. The smallest absolute Gasteiger partial charge is 0.245 e. The monoisotopic (exact) mass is 330 g/mol. The van der Waals surface area contributed by atoms with Gasteiger partial charge in [0.15, 0.2) is 0 Å². The van der Waals surface area contributed by atoms with E-state index in [1.807, 2.05) is 0 Å². The van der Waals surface area contributed by atoms with Crippen LogP contribution in [0.1, 0.15) is 12.5 Å². The van der Waals surface area contributed by atoms with Gasteiger partial charge in [0.2, 0.25) is 11.8 Å². The van der Waals surface area contributed by atoms with Crippen LogP contribution in [0.4, 0.5) is 4.39 Å². The number of amides is 2. The minimum atomic E-state index is -0.972. The quantitative estimate of drug-likeness (QED) is 0.753. The fourth-order valence-corrected chi connectivity index (χ4v) is 2.25. The molecule has 6 heteroatoms. The number of carbonyl (C=O) groups excluding carboxylic acids is 2. The normalized spacial score (nSPS) is 11.6. The zero-order chi connectivity index (χ0) is 17.5.